The third-order valence-corrected chi connectivity index (χ3v) is 5.27. The molecule has 1 fully saturated rings. The normalized spacial score (nSPS) is 15.8. The number of morpholine rings is 1. The third kappa shape index (κ3) is 5.49. The van der Waals surface area contributed by atoms with Gasteiger partial charge in [0.2, 0.25) is 0 Å². The molecule has 32 heavy (non-hydrogen) atoms. The molecule has 1 unspecified atom stereocenters. The quantitative estimate of drug-likeness (QED) is 0.645. The van der Waals surface area contributed by atoms with Gasteiger partial charge in [0.15, 0.2) is 11.5 Å². The van der Waals surface area contributed by atoms with Crippen molar-refractivity contribution in [1.82, 2.24) is 10.2 Å². The first-order valence-corrected chi connectivity index (χ1v) is 9.93. The van der Waals surface area contributed by atoms with Crippen molar-refractivity contribution in [3.8, 4) is 11.5 Å². The summed E-state index contributed by atoms with van der Waals surface area (Å²) in [5.74, 6) is -1.09. The average molecular weight is 456 g/mol. The number of alkyl halides is 3. The molecule has 10 heteroatoms. The summed E-state index contributed by atoms with van der Waals surface area (Å²) in [4.78, 5) is 14.7. The zero-order chi connectivity index (χ0) is 23.3. The van der Waals surface area contributed by atoms with Crippen LogP contribution < -0.4 is 14.8 Å². The maximum atomic E-state index is 13.5. The van der Waals surface area contributed by atoms with Crippen molar-refractivity contribution in [2.45, 2.75) is 12.2 Å². The summed E-state index contributed by atoms with van der Waals surface area (Å²) in [6, 6.07) is 7.29. The lowest BCUT2D eigenvalue weighted by Gasteiger charge is -2.35. The fourth-order valence-electron chi connectivity index (χ4n) is 3.58. The number of ether oxygens (including phenoxy) is 3. The lowest BCUT2D eigenvalue weighted by Crippen LogP contribution is -2.43. The third-order valence-electron chi connectivity index (χ3n) is 5.27. The minimum atomic E-state index is -4.89. The van der Waals surface area contributed by atoms with Crippen LogP contribution in [0.4, 0.5) is 17.6 Å². The smallest absolute Gasteiger partial charge is 0.419 e. The molecular weight excluding hydrogens is 432 g/mol. The van der Waals surface area contributed by atoms with E-state index in [9.17, 15) is 22.4 Å². The van der Waals surface area contributed by atoms with Gasteiger partial charge in [0, 0.05) is 25.2 Å². The monoisotopic (exact) mass is 456 g/mol. The van der Waals surface area contributed by atoms with Gasteiger partial charge < -0.3 is 19.5 Å². The van der Waals surface area contributed by atoms with E-state index in [1.165, 1.54) is 14.2 Å². The molecule has 1 heterocycles. The van der Waals surface area contributed by atoms with Gasteiger partial charge in [-0.15, -0.1) is 0 Å². The number of nitrogens with one attached hydrogen (secondary N) is 1. The molecule has 0 aliphatic carbocycles. The van der Waals surface area contributed by atoms with E-state index in [1.54, 1.807) is 12.1 Å². The molecule has 0 radical (unpaired) electrons. The Morgan fingerprint density at radius 2 is 1.78 bits per heavy atom. The number of halogens is 4. The van der Waals surface area contributed by atoms with Crippen LogP contribution in [-0.4, -0.2) is 57.9 Å². The zero-order valence-electron chi connectivity index (χ0n) is 17.7. The first-order chi connectivity index (χ1) is 15.2. The van der Waals surface area contributed by atoms with Gasteiger partial charge in [0.1, 0.15) is 5.82 Å². The summed E-state index contributed by atoms with van der Waals surface area (Å²) in [5, 5.41) is 2.68. The van der Waals surface area contributed by atoms with Crippen LogP contribution in [0.1, 0.15) is 27.5 Å². The number of rotatable bonds is 7. The molecule has 0 bridgehead atoms. The first kappa shape index (κ1) is 23.8. The van der Waals surface area contributed by atoms with Crippen LogP contribution in [0, 0.1) is 5.82 Å². The molecular formula is C22H24F4N2O4. The van der Waals surface area contributed by atoms with Gasteiger partial charge in [0.05, 0.1) is 39.0 Å². The number of methoxy groups -OCH3 is 2. The number of hydrogen-bond acceptors (Lipinski definition) is 5. The molecule has 6 nitrogen and oxygen atoms in total. The predicted octanol–water partition coefficient (Wildman–Crippen LogP) is 3.67. The largest absolute Gasteiger partial charge is 0.493 e. The Morgan fingerprint density at radius 3 is 2.41 bits per heavy atom. The number of nitrogens with zero attached hydrogens (tertiary/aromatic N) is 1. The summed E-state index contributed by atoms with van der Waals surface area (Å²) >= 11 is 0. The van der Waals surface area contributed by atoms with Gasteiger partial charge >= 0.3 is 6.18 Å². The van der Waals surface area contributed by atoms with Gasteiger partial charge in [-0.1, -0.05) is 6.07 Å². The number of carbonyl (C=O) groups excluding carboxylic acids is 1. The molecule has 0 aromatic heterocycles. The van der Waals surface area contributed by atoms with E-state index in [0.29, 0.717) is 49.9 Å². The van der Waals surface area contributed by atoms with Crippen LogP contribution in [-0.2, 0) is 10.9 Å². The highest BCUT2D eigenvalue weighted by Crippen LogP contribution is 2.33. The second-order valence-electron chi connectivity index (χ2n) is 7.18. The second kappa shape index (κ2) is 10.2. The number of carbonyl (C=O) groups is 1. The molecule has 1 atom stereocenters. The van der Waals surface area contributed by atoms with Gasteiger partial charge in [-0.3, -0.25) is 9.69 Å². The SMILES string of the molecule is COc1ccc(C(CNC(=O)c2ccc(F)c(C(F)(F)F)c2)N2CCOCC2)cc1OC. The molecule has 3 rings (SSSR count). The molecule has 1 N–H and O–H groups in total. The van der Waals surface area contributed by atoms with E-state index in [0.717, 1.165) is 11.6 Å². The van der Waals surface area contributed by atoms with E-state index in [4.69, 9.17) is 14.2 Å². The van der Waals surface area contributed by atoms with Crippen molar-refractivity contribution in [3.63, 3.8) is 0 Å². The minimum absolute atomic E-state index is 0.118. The summed E-state index contributed by atoms with van der Waals surface area (Å²) < 4.78 is 68.6. The fraction of sp³-hybridized carbons (Fsp3) is 0.409. The first-order valence-electron chi connectivity index (χ1n) is 9.93. The Labute approximate surface area is 183 Å². The van der Waals surface area contributed by atoms with Gasteiger partial charge in [0.25, 0.3) is 5.91 Å². The molecule has 1 amide bonds. The Hall–Kier alpha value is -2.85. The van der Waals surface area contributed by atoms with E-state index < -0.39 is 23.5 Å². The Bertz CT molecular complexity index is 946. The lowest BCUT2D eigenvalue weighted by molar-refractivity contribution is -0.140. The zero-order valence-corrected chi connectivity index (χ0v) is 17.7. The maximum Gasteiger partial charge on any atom is 0.419 e. The summed E-state index contributed by atoms with van der Waals surface area (Å²) in [5.41, 5.74) is -0.915. The summed E-state index contributed by atoms with van der Waals surface area (Å²) in [7, 11) is 3.04. The van der Waals surface area contributed by atoms with Gasteiger partial charge in [-0.25, -0.2) is 4.39 Å². The Morgan fingerprint density at radius 1 is 1.09 bits per heavy atom. The van der Waals surface area contributed by atoms with E-state index in [1.807, 2.05) is 6.07 Å². The Kier molecular flexibility index (Phi) is 7.57. The highest BCUT2D eigenvalue weighted by molar-refractivity contribution is 5.94. The van der Waals surface area contributed by atoms with Crippen molar-refractivity contribution < 1.29 is 36.6 Å². The molecule has 2 aromatic carbocycles. The molecule has 1 saturated heterocycles. The number of amides is 1. The number of benzene rings is 2. The van der Waals surface area contributed by atoms with Crippen molar-refractivity contribution in [1.29, 1.82) is 0 Å². The van der Waals surface area contributed by atoms with E-state index in [2.05, 4.69) is 10.2 Å². The van der Waals surface area contributed by atoms with Crippen molar-refractivity contribution in [3.05, 3.63) is 58.9 Å². The molecule has 174 valence electrons. The topological polar surface area (TPSA) is 60.0 Å². The van der Waals surface area contributed by atoms with Crippen LogP contribution >= 0.6 is 0 Å². The van der Waals surface area contributed by atoms with Crippen LogP contribution in [0.15, 0.2) is 36.4 Å². The molecule has 0 spiro atoms. The summed E-state index contributed by atoms with van der Waals surface area (Å²) in [6.45, 7) is 2.38. The van der Waals surface area contributed by atoms with Crippen LogP contribution in [0.5, 0.6) is 11.5 Å². The number of hydrogen-bond donors (Lipinski definition) is 1. The average Bonchev–Trinajstić information content (AvgIpc) is 2.79. The molecule has 0 saturated carbocycles. The van der Waals surface area contributed by atoms with Crippen molar-refractivity contribution in [2.24, 2.45) is 0 Å². The van der Waals surface area contributed by atoms with Crippen molar-refractivity contribution in [2.75, 3.05) is 47.1 Å². The van der Waals surface area contributed by atoms with Gasteiger partial charge in [-0.2, -0.15) is 13.2 Å². The fourth-order valence-corrected chi connectivity index (χ4v) is 3.58. The second-order valence-corrected chi connectivity index (χ2v) is 7.18. The van der Waals surface area contributed by atoms with Crippen LogP contribution in [0.3, 0.4) is 0 Å². The minimum Gasteiger partial charge on any atom is -0.493 e. The highest BCUT2D eigenvalue weighted by Gasteiger charge is 2.35. The lowest BCUT2D eigenvalue weighted by atomic mass is 10.0. The predicted molar refractivity (Wildman–Crippen MR) is 108 cm³/mol. The van der Waals surface area contributed by atoms with E-state index >= 15 is 0 Å². The molecule has 1 aliphatic rings. The molecule has 2 aromatic rings. The van der Waals surface area contributed by atoms with Crippen LogP contribution in [0.2, 0.25) is 0 Å². The molecule has 1 aliphatic heterocycles. The highest BCUT2D eigenvalue weighted by atomic mass is 19.4. The Balaban J connectivity index is 1.82. The standard InChI is InChI=1S/C22H24F4N2O4/c1-30-19-6-4-14(12-20(19)31-2)18(28-7-9-32-10-8-28)13-27-21(29)15-3-5-17(23)16(11-15)22(24,25)26/h3-6,11-12,18H,7-10,13H2,1-2H3,(H,27,29). The van der Waals surface area contributed by atoms with Crippen molar-refractivity contribution >= 4 is 5.91 Å². The van der Waals surface area contributed by atoms with Gasteiger partial charge in [-0.05, 0) is 35.9 Å². The maximum absolute atomic E-state index is 13.5. The van der Waals surface area contributed by atoms with Crippen LogP contribution in [0.25, 0.3) is 0 Å². The van der Waals surface area contributed by atoms with E-state index in [-0.39, 0.29) is 18.2 Å². The summed E-state index contributed by atoms with van der Waals surface area (Å²) in [6.07, 6.45) is -4.89.